The predicted octanol–water partition coefficient (Wildman–Crippen LogP) is 16.9. The zero-order valence-corrected chi connectivity index (χ0v) is 35.6. The molecule has 0 heterocycles. The molecular weight excluding hydrogens is 745 g/mol. The average Bonchev–Trinajstić information content (AvgIpc) is 3.70. The molecule has 0 unspecified atom stereocenters. The van der Waals surface area contributed by atoms with Gasteiger partial charge in [0.1, 0.15) is 0 Å². The highest BCUT2D eigenvalue weighted by atomic mass is 14.4. The smallest absolute Gasteiger partial charge is 0.0159 e. The van der Waals surface area contributed by atoms with Crippen molar-refractivity contribution in [2.45, 2.75) is 38.5 Å². The van der Waals surface area contributed by atoms with Crippen molar-refractivity contribution in [1.29, 1.82) is 0 Å². The summed E-state index contributed by atoms with van der Waals surface area (Å²) >= 11 is 0. The molecule has 0 spiro atoms. The Kier molecular flexibility index (Phi) is 8.03. The van der Waals surface area contributed by atoms with E-state index in [0.29, 0.717) is 0 Å². The molecular formula is C62H46. The molecule has 294 valence electrons. The lowest BCUT2D eigenvalue weighted by molar-refractivity contribution is 0.660. The van der Waals surface area contributed by atoms with Crippen LogP contribution in [0.1, 0.15) is 49.9 Å². The van der Waals surface area contributed by atoms with Crippen molar-refractivity contribution >= 4 is 21.5 Å². The Balaban J connectivity index is 1.11. The van der Waals surface area contributed by atoms with Gasteiger partial charge in [0.2, 0.25) is 0 Å². The van der Waals surface area contributed by atoms with Crippen molar-refractivity contribution in [2.75, 3.05) is 0 Å². The molecule has 0 N–H and O–H groups in total. The number of benzene rings is 10. The molecule has 2 aliphatic rings. The minimum atomic E-state index is -0.104. The molecule has 0 fully saturated rings. The van der Waals surface area contributed by atoms with E-state index in [1.165, 1.54) is 122 Å². The highest BCUT2D eigenvalue weighted by Crippen LogP contribution is 2.55. The maximum Gasteiger partial charge on any atom is 0.0159 e. The average molecular weight is 791 g/mol. The van der Waals surface area contributed by atoms with Crippen LogP contribution in [0.4, 0.5) is 0 Å². The molecule has 0 amide bonds. The standard InChI is InChI=1S/C62H46/c1-61(2)55-26-13-11-23-51(55)60-52(24-15-27-56(60)61)59-49-22-9-8-21-48(49)58(45-19-14-18-42(36-45)41-30-28-40(29-31-41)39-16-6-5-7-17-39)50-35-33-43(37-53(50)59)44-32-34-47-46-20-10-12-25-54(46)62(3,4)57(47)38-44/h5-38H,1-4H3. The van der Waals surface area contributed by atoms with Gasteiger partial charge in [0.25, 0.3) is 0 Å². The van der Waals surface area contributed by atoms with Crippen LogP contribution in [0.5, 0.6) is 0 Å². The molecule has 0 nitrogen and oxygen atoms in total. The van der Waals surface area contributed by atoms with Crippen LogP contribution in [0, 0.1) is 0 Å². The second kappa shape index (κ2) is 13.6. The SMILES string of the molecule is CC1(C)c2ccccc2-c2ccc(-c3ccc4c(-c5cccc(-c6ccc(-c7ccccc7)cc6)c5)c5ccccc5c(-c5cccc6c5-c5ccccc5C6(C)C)c4c3)cc21. The Bertz CT molecular complexity index is 3430. The highest BCUT2D eigenvalue weighted by Gasteiger charge is 2.38. The first-order valence-corrected chi connectivity index (χ1v) is 22.0. The Labute approximate surface area is 364 Å². The summed E-state index contributed by atoms with van der Waals surface area (Å²) in [7, 11) is 0. The van der Waals surface area contributed by atoms with Crippen molar-refractivity contribution < 1.29 is 0 Å². The summed E-state index contributed by atoms with van der Waals surface area (Å²) < 4.78 is 0. The third-order valence-corrected chi connectivity index (χ3v) is 14.3. The Morgan fingerprint density at radius 2 is 0.677 bits per heavy atom. The van der Waals surface area contributed by atoms with Gasteiger partial charge in [-0.15, -0.1) is 0 Å². The second-order valence-electron chi connectivity index (χ2n) is 18.4. The molecule has 2 aliphatic carbocycles. The van der Waals surface area contributed by atoms with E-state index >= 15 is 0 Å². The summed E-state index contributed by atoms with van der Waals surface area (Å²) in [6.45, 7) is 9.52. The summed E-state index contributed by atoms with van der Waals surface area (Å²) in [6.07, 6.45) is 0. The van der Waals surface area contributed by atoms with E-state index in [1.807, 2.05) is 0 Å². The minimum Gasteiger partial charge on any atom is -0.0622 e. The van der Waals surface area contributed by atoms with Crippen LogP contribution in [0.15, 0.2) is 206 Å². The van der Waals surface area contributed by atoms with Gasteiger partial charge in [-0.25, -0.2) is 0 Å². The summed E-state index contributed by atoms with van der Waals surface area (Å²) in [4.78, 5) is 0. The van der Waals surface area contributed by atoms with Gasteiger partial charge in [0, 0.05) is 10.8 Å². The molecule has 0 saturated heterocycles. The number of rotatable bonds is 5. The van der Waals surface area contributed by atoms with Gasteiger partial charge in [-0.1, -0.05) is 216 Å². The maximum atomic E-state index is 2.50. The van der Waals surface area contributed by atoms with Crippen LogP contribution < -0.4 is 0 Å². The summed E-state index contributed by atoms with van der Waals surface area (Å²) in [5.41, 5.74) is 23.2. The molecule has 0 aromatic heterocycles. The van der Waals surface area contributed by atoms with E-state index in [1.54, 1.807) is 0 Å². The van der Waals surface area contributed by atoms with Gasteiger partial charge >= 0.3 is 0 Å². The lowest BCUT2D eigenvalue weighted by Gasteiger charge is -2.23. The normalized spacial score (nSPS) is 14.1. The molecule has 0 aliphatic heterocycles. The number of fused-ring (bicyclic) bond motifs is 8. The Hall–Kier alpha value is -7.28. The minimum absolute atomic E-state index is 0.0784. The third kappa shape index (κ3) is 5.39. The van der Waals surface area contributed by atoms with Crippen molar-refractivity contribution in [2.24, 2.45) is 0 Å². The monoisotopic (exact) mass is 790 g/mol. The van der Waals surface area contributed by atoms with Crippen LogP contribution >= 0.6 is 0 Å². The van der Waals surface area contributed by atoms with Gasteiger partial charge in [-0.05, 0) is 140 Å². The van der Waals surface area contributed by atoms with E-state index in [0.717, 1.165) is 0 Å². The van der Waals surface area contributed by atoms with Gasteiger partial charge in [0.05, 0.1) is 0 Å². The fourth-order valence-electron chi connectivity index (χ4n) is 11.1. The Morgan fingerprint density at radius 1 is 0.226 bits per heavy atom. The number of hydrogen-bond acceptors (Lipinski definition) is 0. The lowest BCUT2D eigenvalue weighted by atomic mass is 9.80. The largest absolute Gasteiger partial charge is 0.0622 e. The first-order valence-electron chi connectivity index (χ1n) is 22.0. The molecule has 12 rings (SSSR count). The van der Waals surface area contributed by atoms with E-state index < -0.39 is 0 Å². The quantitative estimate of drug-likeness (QED) is 0.152. The summed E-state index contributed by atoms with van der Waals surface area (Å²) in [5, 5.41) is 5.06. The van der Waals surface area contributed by atoms with Crippen LogP contribution in [-0.2, 0) is 10.8 Å². The van der Waals surface area contributed by atoms with E-state index in [9.17, 15) is 0 Å². The van der Waals surface area contributed by atoms with Crippen molar-refractivity contribution in [3.63, 3.8) is 0 Å². The fourth-order valence-corrected chi connectivity index (χ4v) is 11.1. The van der Waals surface area contributed by atoms with Crippen molar-refractivity contribution in [1.82, 2.24) is 0 Å². The summed E-state index contributed by atoms with van der Waals surface area (Å²) in [5.74, 6) is 0. The van der Waals surface area contributed by atoms with Gasteiger partial charge in [-0.3, -0.25) is 0 Å². The molecule has 62 heavy (non-hydrogen) atoms. The van der Waals surface area contributed by atoms with Gasteiger partial charge in [-0.2, -0.15) is 0 Å². The van der Waals surface area contributed by atoms with Gasteiger partial charge in [0.15, 0.2) is 0 Å². The molecule has 10 aromatic carbocycles. The molecule has 0 bridgehead atoms. The van der Waals surface area contributed by atoms with E-state index in [-0.39, 0.29) is 10.8 Å². The Morgan fingerprint density at radius 3 is 1.45 bits per heavy atom. The molecule has 0 atom stereocenters. The maximum absolute atomic E-state index is 2.50. The molecule has 0 heteroatoms. The topological polar surface area (TPSA) is 0 Å². The zero-order chi connectivity index (χ0) is 41.7. The van der Waals surface area contributed by atoms with Gasteiger partial charge < -0.3 is 0 Å². The van der Waals surface area contributed by atoms with Crippen molar-refractivity contribution in [3.8, 4) is 77.9 Å². The third-order valence-electron chi connectivity index (χ3n) is 14.3. The summed E-state index contributed by atoms with van der Waals surface area (Å²) in [6, 6.07) is 77.4. The highest BCUT2D eigenvalue weighted by molar-refractivity contribution is 6.23. The number of hydrogen-bond donors (Lipinski definition) is 0. The van der Waals surface area contributed by atoms with E-state index in [2.05, 4.69) is 234 Å². The fraction of sp³-hybridized carbons (Fsp3) is 0.0968. The first-order chi connectivity index (χ1) is 30.3. The molecule has 0 radical (unpaired) electrons. The first kappa shape index (κ1) is 36.6. The predicted molar refractivity (Wildman–Crippen MR) is 264 cm³/mol. The van der Waals surface area contributed by atoms with Crippen LogP contribution in [0.2, 0.25) is 0 Å². The lowest BCUT2D eigenvalue weighted by Crippen LogP contribution is -2.14. The van der Waals surface area contributed by atoms with Crippen LogP contribution in [0.25, 0.3) is 99.4 Å². The van der Waals surface area contributed by atoms with Crippen molar-refractivity contribution in [3.05, 3.63) is 229 Å². The van der Waals surface area contributed by atoms with Crippen LogP contribution in [0.3, 0.4) is 0 Å². The second-order valence-corrected chi connectivity index (χ2v) is 18.4. The van der Waals surface area contributed by atoms with E-state index in [4.69, 9.17) is 0 Å². The molecule has 10 aromatic rings. The van der Waals surface area contributed by atoms with Crippen LogP contribution in [-0.4, -0.2) is 0 Å². The zero-order valence-electron chi connectivity index (χ0n) is 35.6. The molecule has 0 saturated carbocycles.